The zero-order valence-corrected chi connectivity index (χ0v) is 9.01. The standard InChI is InChI=1S/C10H15N3O3/c1-2-8(6-14)12-9-3-7(11)4-10(5-9)13(15)16/h3-5,8,12,14H,2,6,11H2,1H3. The van der Waals surface area contributed by atoms with Crippen LogP contribution in [0.2, 0.25) is 0 Å². The number of nitrogen functional groups attached to an aromatic ring is 1. The lowest BCUT2D eigenvalue weighted by Gasteiger charge is -2.15. The molecule has 1 aromatic rings. The van der Waals surface area contributed by atoms with Crippen LogP contribution < -0.4 is 11.1 Å². The zero-order chi connectivity index (χ0) is 12.1. The highest BCUT2D eigenvalue weighted by molar-refractivity contribution is 5.61. The number of aliphatic hydroxyl groups is 1. The second kappa shape index (κ2) is 5.32. The molecule has 0 aliphatic heterocycles. The summed E-state index contributed by atoms with van der Waals surface area (Å²) in [6.07, 6.45) is 0.721. The maximum absolute atomic E-state index is 10.6. The number of rotatable bonds is 5. The maximum atomic E-state index is 10.6. The largest absolute Gasteiger partial charge is 0.398 e. The van der Waals surface area contributed by atoms with Gasteiger partial charge in [-0.2, -0.15) is 0 Å². The first kappa shape index (κ1) is 12.3. The van der Waals surface area contributed by atoms with Crippen molar-refractivity contribution < 1.29 is 10.0 Å². The van der Waals surface area contributed by atoms with Crippen molar-refractivity contribution in [1.29, 1.82) is 0 Å². The Morgan fingerprint density at radius 1 is 1.56 bits per heavy atom. The quantitative estimate of drug-likeness (QED) is 0.399. The van der Waals surface area contributed by atoms with Crippen molar-refractivity contribution in [2.45, 2.75) is 19.4 Å². The molecule has 0 aliphatic carbocycles. The van der Waals surface area contributed by atoms with E-state index >= 15 is 0 Å². The topological polar surface area (TPSA) is 101 Å². The molecule has 1 rings (SSSR count). The monoisotopic (exact) mass is 225 g/mol. The van der Waals surface area contributed by atoms with Crippen LogP contribution in [0.4, 0.5) is 17.1 Å². The third-order valence-corrected chi connectivity index (χ3v) is 2.23. The first-order chi connectivity index (χ1) is 7.56. The van der Waals surface area contributed by atoms with Crippen LogP contribution in [0.1, 0.15) is 13.3 Å². The van der Waals surface area contributed by atoms with Gasteiger partial charge in [0, 0.05) is 29.5 Å². The first-order valence-electron chi connectivity index (χ1n) is 4.99. The molecule has 6 nitrogen and oxygen atoms in total. The van der Waals surface area contributed by atoms with Crippen LogP contribution >= 0.6 is 0 Å². The molecular weight excluding hydrogens is 210 g/mol. The lowest BCUT2D eigenvalue weighted by Crippen LogP contribution is -2.22. The van der Waals surface area contributed by atoms with Crippen molar-refractivity contribution in [3.8, 4) is 0 Å². The minimum atomic E-state index is -0.499. The third-order valence-electron chi connectivity index (χ3n) is 2.23. The van der Waals surface area contributed by atoms with Crippen LogP contribution in [0, 0.1) is 10.1 Å². The summed E-state index contributed by atoms with van der Waals surface area (Å²) in [4.78, 5) is 10.1. The van der Waals surface area contributed by atoms with Crippen LogP contribution in [0.5, 0.6) is 0 Å². The summed E-state index contributed by atoms with van der Waals surface area (Å²) in [6.45, 7) is 1.88. The number of nitro groups is 1. The van der Waals surface area contributed by atoms with E-state index in [9.17, 15) is 10.1 Å². The fraction of sp³-hybridized carbons (Fsp3) is 0.400. The Balaban J connectivity index is 2.91. The van der Waals surface area contributed by atoms with Gasteiger partial charge in [0.15, 0.2) is 0 Å². The molecule has 4 N–H and O–H groups in total. The van der Waals surface area contributed by atoms with E-state index in [0.29, 0.717) is 11.4 Å². The Kier molecular flexibility index (Phi) is 4.07. The molecule has 0 radical (unpaired) electrons. The molecule has 0 aliphatic rings. The number of aliphatic hydroxyl groups excluding tert-OH is 1. The Morgan fingerprint density at radius 3 is 2.75 bits per heavy atom. The lowest BCUT2D eigenvalue weighted by atomic mass is 10.2. The average molecular weight is 225 g/mol. The van der Waals surface area contributed by atoms with E-state index in [1.165, 1.54) is 12.1 Å². The van der Waals surface area contributed by atoms with Crippen molar-refractivity contribution in [2.24, 2.45) is 0 Å². The molecule has 0 amide bonds. The molecule has 16 heavy (non-hydrogen) atoms. The SMILES string of the molecule is CCC(CO)Nc1cc(N)cc([N+](=O)[O-])c1. The minimum absolute atomic E-state index is 0.0287. The molecule has 1 unspecified atom stereocenters. The molecule has 0 aromatic heterocycles. The molecule has 0 saturated heterocycles. The van der Waals surface area contributed by atoms with Gasteiger partial charge in [-0.1, -0.05) is 6.92 Å². The molecule has 88 valence electrons. The van der Waals surface area contributed by atoms with Crippen molar-refractivity contribution in [3.05, 3.63) is 28.3 Å². The number of nitrogens with zero attached hydrogens (tertiary/aromatic N) is 1. The van der Waals surface area contributed by atoms with Gasteiger partial charge in [-0.05, 0) is 12.5 Å². The summed E-state index contributed by atoms with van der Waals surface area (Å²) >= 11 is 0. The first-order valence-corrected chi connectivity index (χ1v) is 4.99. The van der Waals surface area contributed by atoms with E-state index in [1.54, 1.807) is 6.07 Å². The number of nitrogens with two attached hydrogens (primary N) is 1. The number of non-ortho nitro benzene ring substituents is 1. The van der Waals surface area contributed by atoms with Gasteiger partial charge in [0.2, 0.25) is 0 Å². The third kappa shape index (κ3) is 3.09. The molecule has 0 bridgehead atoms. The van der Waals surface area contributed by atoms with Gasteiger partial charge in [0.05, 0.1) is 11.5 Å². The van der Waals surface area contributed by atoms with Gasteiger partial charge < -0.3 is 16.2 Å². The highest BCUT2D eigenvalue weighted by atomic mass is 16.6. The van der Waals surface area contributed by atoms with Crippen LogP contribution in [0.25, 0.3) is 0 Å². The molecule has 1 atom stereocenters. The maximum Gasteiger partial charge on any atom is 0.273 e. The van der Waals surface area contributed by atoms with Crippen molar-refractivity contribution in [2.75, 3.05) is 17.7 Å². The Hall–Kier alpha value is -1.82. The molecule has 0 saturated carbocycles. The van der Waals surface area contributed by atoms with Crippen molar-refractivity contribution in [1.82, 2.24) is 0 Å². The number of nitro benzene ring substituents is 1. The number of nitrogens with one attached hydrogen (secondary N) is 1. The van der Waals surface area contributed by atoms with E-state index in [-0.39, 0.29) is 18.3 Å². The van der Waals surface area contributed by atoms with Crippen LogP contribution in [0.15, 0.2) is 18.2 Å². The van der Waals surface area contributed by atoms with Gasteiger partial charge in [-0.3, -0.25) is 10.1 Å². The fourth-order valence-electron chi connectivity index (χ4n) is 1.34. The predicted molar refractivity (Wildman–Crippen MR) is 62.3 cm³/mol. The summed E-state index contributed by atoms with van der Waals surface area (Å²) < 4.78 is 0. The summed E-state index contributed by atoms with van der Waals surface area (Å²) in [5.74, 6) is 0. The summed E-state index contributed by atoms with van der Waals surface area (Å²) in [5.41, 5.74) is 6.36. The summed E-state index contributed by atoms with van der Waals surface area (Å²) in [6, 6.07) is 4.17. The predicted octanol–water partition coefficient (Wildman–Crippen LogP) is 1.36. The van der Waals surface area contributed by atoms with Gasteiger partial charge >= 0.3 is 0 Å². The van der Waals surface area contributed by atoms with Gasteiger partial charge in [0.1, 0.15) is 0 Å². The smallest absolute Gasteiger partial charge is 0.273 e. The van der Waals surface area contributed by atoms with Gasteiger partial charge in [-0.25, -0.2) is 0 Å². The summed E-state index contributed by atoms with van der Waals surface area (Å²) in [7, 11) is 0. The molecule has 0 fully saturated rings. The highest BCUT2D eigenvalue weighted by Gasteiger charge is 2.10. The number of anilines is 2. The second-order valence-corrected chi connectivity index (χ2v) is 3.50. The normalized spacial score (nSPS) is 12.1. The highest BCUT2D eigenvalue weighted by Crippen LogP contribution is 2.23. The van der Waals surface area contributed by atoms with E-state index in [0.717, 1.165) is 6.42 Å². The Bertz CT molecular complexity index is 378. The van der Waals surface area contributed by atoms with Crippen molar-refractivity contribution in [3.63, 3.8) is 0 Å². The van der Waals surface area contributed by atoms with E-state index < -0.39 is 4.92 Å². The van der Waals surface area contributed by atoms with Gasteiger partial charge in [-0.15, -0.1) is 0 Å². The number of hydrogen-bond acceptors (Lipinski definition) is 5. The number of benzene rings is 1. The van der Waals surface area contributed by atoms with Gasteiger partial charge in [0.25, 0.3) is 5.69 Å². The van der Waals surface area contributed by atoms with E-state index in [4.69, 9.17) is 10.8 Å². The lowest BCUT2D eigenvalue weighted by molar-refractivity contribution is -0.384. The zero-order valence-electron chi connectivity index (χ0n) is 9.01. The van der Waals surface area contributed by atoms with Crippen LogP contribution in [-0.4, -0.2) is 22.7 Å². The molecule has 0 spiro atoms. The Labute approximate surface area is 93.2 Å². The van der Waals surface area contributed by atoms with Crippen LogP contribution in [0.3, 0.4) is 0 Å². The summed E-state index contributed by atoms with van der Waals surface area (Å²) in [5, 5.41) is 22.6. The molecule has 6 heteroatoms. The average Bonchev–Trinajstić information content (AvgIpc) is 2.25. The molecule has 1 aromatic carbocycles. The molecule has 0 heterocycles. The van der Waals surface area contributed by atoms with E-state index in [2.05, 4.69) is 5.32 Å². The Morgan fingerprint density at radius 2 is 2.25 bits per heavy atom. The number of hydrogen-bond donors (Lipinski definition) is 3. The van der Waals surface area contributed by atoms with Crippen LogP contribution in [-0.2, 0) is 0 Å². The van der Waals surface area contributed by atoms with E-state index in [1.807, 2.05) is 6.92 Å². The minimum Gasteiger partial charge on any atom is -0.398 e. The van der Waals surface area contributed by atoms with Crippen molar-refractivity contribution >= 4 is 17.1 Å². The second-order valence-electron chi connectivity index (χ2n) is 3.50. The molecular formula is C10H15N3O3. The fourth-order valence-corrected chi connectivity index (χ4v) is 1.34.